The number of benzene rings is 1. The van der Waals surface area contributed by atoms with E-state index in [9.17, 15) is 18.0 Å². The summed E-state index contributed by atoms with van der Waals surface area (Å²) >= 11 is 0. The van der Waals surface area contributed by atoms with Crippen molar-refractivity contribution in [2.45, 2.75) is 13.0 Å². The molecule has 0 aliphatic carbocycles. The van der Waals surface area contributed by atoms with E-state index in [0.717, 1.165) is 5.56 Å². The van der Waals surface area contributed by atoms with E-state index in [4.69, 9.17) is 4.52 Å². The Labute approximate surface area is 162 Å². The predicted octanol–water partition coefficient (Wildman–Crippen LogP) is 0.351. The van der Waals surface area contributed by atoms with Crippen molar-refractivity contribution in [2.75, 3.05) is 43.9 Å². The number of hydrogen-bond donors (Lipinski definition) is 1. The first-order valence-electron chi connectivity index (χ1n) is 8.98. The summed E-state index contributed by atoms with van der Waals surface area (Å²) in [6.45, 7) is 3.16. The molecule has 2 aliphatic rings. The summed E-state index contributed by atoms with van der Waals surface area (Å²) < 4.78 is 30.1. The summed E-state index contributed by atoms with van der Waals surface area (Å²) in [4.78, 5) is 27.1. The van der Waals surface area contributed by atoms with Crippen molar-refractivity contribution >= 4 is 38.7 Å². The number of carbonyl (C=O) groups excluding carboxylic acids is 2. The normalized spacial score (nSPS) is 20.0. The molecule has 4 rings (SSSR count). The molecule has 0 bridgehead atoms. The SMILES string of the molecule is CS(=O)(=O)N1CCN(Cc2ccc3onc(N4CCC(=O)NC4=O)c3c2)CC1. The van der Waals surface area contributed by atoms with Crippen LogP contribution in [0.3, 0.4) is 0 Å². The van der Waals surface area contributed by atoms with Gasteiger partial charge in [-0.25, -0.2) is 13.2 Å². The fourth-order valence-corrected chi connectivity index (χ4v) is 4.34. The standard InChI is InChI=1S/C17H21N5O5S/c1-28(25,26)21-8-6-20(7-9-21)11-12-2-3-14-13(10-12)16(19-27-14)22-5-4-15(23)18-17(22)24/h2-3,10H,4-9,11H2,1H3,(H,18,23,24). The highest BCUT2D eigenvalue weighted by Gasteiger charge is 2.28. The maximum atomic E-state index is 12.1. The van der Waals surface area contributed by atoms with Crippen LogP contribution in [-0.2, 0) is 21.4 Å². The Morgan fingerprint density at radius 1 is 1.14 bits per heavy atom. The minimum absolute atomic E-state index is 0.213. The summed E-state index contributed by atoms with van der Waals surface area (Å²) in [7, 11) is -3.15. The van der Waals surface area contributed by atoms with E-state index in [0.29, 0.717) is 49.5 Å². The average molecular weight is 407 g/mol. The number of fused-ring (bicyclic) bond motifs is 1. The van der Waals surface area contributed by atoms with E-state index in [1.54, 1.807) is 6.07 Å². The van der Waals surface area contributed by atoms with Gasteiger partial charge in [-0.3, -0.25) is 19.9 Å². The number of rotatable bonds is 4. The molecule has 2 saturated heterocycles. The summed E-state index contributed by atoms with van der Waals surface area (Å²) in [6.07, 6.45) is 1.44. The lowest BCUT2D eigenvalue weighted by Gasteiger charge is -2.33. The summed E-state index contributed by atoms with van der Waals surface area (Å²) in [5, 5.41) is 7.00. The molecule has 3 amide bonds. The van der Waals surface area contributed by atoms with Crippen LogP contribution in [0.15, 0.2) is 22.7 Å². The van der Waals surface area contributed by atoms with E-state index < -0.39 is 16.1 Å². The third-order valence-corrected chi connectivity index (χ3v) is 6.33. The summed E-state index contributed by atoms with van der Waals surface area (Å²) in [5.74, 6) is 0.0896. The van der Waals surface area contributed by atoms with Crippen LogP contribution in [0.5, 0.6) is 0 Å². The molecule has 1 aromatic carbocycles. The second kappa shape index (κ2) is 7.15. The number of anilines is 1. The molecule has 0 saturated carbocycles. The van der Waals surface area contributed by atoms with Gasteiger partial charge in [0.25, 0.3) is 0 Å². The minimum Gasteiger partial charge on any atom is -0.354 e. The lowest BCUT2D eigenvalue weighted by molar-refractivity contribution is -0.120. The van der Waals surface area contributed by atoms with Gasteiger partial charge in [-0.15, -0.1) is 0 Å². The molecule has 11 heteroatoms. The second-order valence-electron chi connectivity index (χ2n) is 7.03. The monoisotopic (exact) mass is 407 g/mol. The van der Waals surface area contributed by atoms with Gasteiger partial charge >= 0.3 is 6.03 Å². The molecule has 2 aliphatic heterocycles. The molecule has 3 heterocycles. The lowest BCUT2D eigenvalue weighted by Crippen LogP contribution is -2.49. The Bertz CT molecular complexity index is 1030. The van der Waals surface area contributed by atoms with Crippen molar-refractivity contribution < 1.29 is 22.5 Å². The van der Waals surface area contributed by atoms with Gasteiger partial charge in [-0.1, -0.05) is 11.2 Å². The highest BCUT2D eigenvalue weighted by molar-refractivity contribution is 7.88. The number of carbonyl (C=O) groups is 2. The van der Waals surface area contributed by atoms with Crippen LogP contribution in [0.1, 0.15) is 12.0 Å². The van der Waals surface area contributed by atoms with Crippen molar-refractivity contribution in [2.24, 2.45) is 0 Å². The number of sulfonamides is 1. The number of imide groups is 1. The lowest BCUT2D eigenvalue weighted by atomic mass is 10.1. The maximum Gasteiger partial charge on any atom is 0.329 e. The molecule has 10 nitrogen and oxygen atoms in total. The number of piperazine rings is 1. The van der Waals surface area contributed by atoms with Crippen LogP contribution in [0, 0.1) is 0 Å². The van der Waals surface area contributed by atoms with E-state index in [1.165, 1.54) is 15.5 Å². The van der Waals surface area contributed by atoms with Gasteiger partial charge in [-0.2, -0.15) is 4.31 Å². The molecule has 28 heavy (non-hydrogen) atoms. The van der Waals surface area contributed by atoms with Crippen LogP contribution in [0.4, 0.5) is 10.6 Å². The van der Waals surface area contributed by atoms with Crippen LogP contribution < -0.4 is 10.2 Å². The van der Waals surface area contributed by atoms with Gasteiger partial charge in [0.15, 0.2) is 11.4 Å². The smallest absolute Gasteiger partial charge is 0.329 e. The van der Waals surface area contributed by atoms with Crippen molar-refractivity contribution in [3.8, 4) is 0 Å². The zero-order chi connectivity index (χ0) is 19.9. The van der Waals surface area contributed by atoms with Crippen molar-refractivity contribution in [1.29, 1.82) is 0 Å². The van der Waals surface area contributed by atoms with Gasteiger partial charge < -0.3 is 4.52 Å². The summed E-state index contributed by atoms with van der Waals surface area (Å²) in [6, 6.07) is 5.16. The first-order valence-corrected chi connectivity index (χ1v) is 10.8. The molecule has 2 aromatic rings. The van der Waals surface area contributed by atoms with Crippen LogP contribution in [-0.4, -0.2) is 73.7 Å². The third-order valence-electron chi connectivity index (χ3n) is 5.03. The summed E-state index contributed by atoms with van der Waals surface area (Å²) in [5.41, 5.74) is 1.57. The van der Waals surface area contributed by atoms with Crippen LogP contribution in [0.25, 0.3) is 11.0 Å². The zero-order valence-corrected chi connectivity index (χ0v) is 16.2. The van der Waals surface area contributed by atoms with Gasteiger partial charge in [0.05, 0.1) is 11.6 Å². The molecule has 0 spiro atoms. The van der Waals surface area contributed by atoms with Gasteiger partial charge in [0.2, 0.25) is 15.9 Å². The Morgan fingerprint density at radius 2 is 1.89 bits per heavy atom. The highest BCUT2D eigenvalue weighted by atomic mass is 32.2. The number of nitrogens with one attached hydrogen (secondary N) is 1. The Balaban J connectivity index is 1.51. The molecular weight excluding hydrogens is 386 g/mol. The highest BCUT2D eigenvalue weighted by Crippen LogP contribution is 2.28. The third kappa shape index (κ3) is 3.73. The van der Waals surface area contributed by atoms with Gasteiger partial charge in [0.1, 0.15) is 0 Å². The van der Waals surface area contributed by atoms with E-state index >= 15 is 0 Å². The number of urea groups is 1. The number of amides is 3. The number of hydrogen-bond acceptors (Lipinski definition) is 7. The molecule has 0 atom stereocenters. The van der Waals surface area contributed by atoms with Crippen LogP contribution >= 0.6 is 0 Å². The largest absolute Gasteiger partial charge is 0.354 e. The Kier molecular flexibility index (Phi) is 4.81. The second-order valence-corrected chi connectivity index (χ2v) is 9.01. The zero-order valence-electron chi connectivity index (χ0n) is 15.4. The fourth-order valence-electron chi connectivity index (χ4n) is 3.51. The van der Waals surface area contributed by atoms with E-state index in [-0.39, 0.29) is 18.9 Å². The molecule has 1 N–H and O–H groups in total. The number of aromatic nitrogens is 1. The molecule has 0 unspecified atom stereocenters. The number of nitrogens with zero attached hydrogens (tertiary/aromatic N) is 4. The topological polar surface area (TPSA) is 116 Å². The quantitative estimate of drug-likeness (QED) is 0.777. The van der Waals surface area contributed by atoms with Crippen LogP contribution in [0.2, 0.25) is 0 Å². The van der Waals surface area contributed by atoms with Gasteiger partial charge in [-0.05, 0) is 17.7 Å². The Hall–Kier alpha value is -2.50. The first kappa shape index (κ1) is 18.8. The van der Waals surface area contributed by atoms with Crippen molar-refractivity contribution in [1.82, 2.24) is 19.7 Å². The van der Waals surface area contributed by atoms with E-state index in [1.807, 2.05) is 12.1 Å². The first-order chi connectivity index (χ1) is 13.3. The molecule has 150 valence electrons. The van der Waals surface area contributed by atoms with Crippen molar-refractivity contribution in [3.63, 3.8) is 0 Å². The molecule has 2 fully saturated rings. The predicted molar refractivity (Wildman–Crippen MR) is 101 cm³/mol. The molecular formula is C17H21N5O5S. The van der Waals surface area contributed by atoms with Gasteiger partial charge in [0, 0.05) is 45.7 Å². The van der Waals surface area contributed by atoms with E-state index in [2.05, 4.69) is 15.4 Å². The van der Waals surface area contributed by atoms with Crippen molar-refractivity contribution in [3.05, 3.63) is 23.8 Å². The fraction of sp³-hybridized carbons (Fsp3) is 0.471. The Morgan fingerprint density at radius 3 is 2.57 bits per heavy atom. The average Bonchev–Trinajstić information content (AvgIpc) is 3.04. The molecule has 0 radical (unpaired) electrons. The maximum absolute atomic E-state index is 12.1. The molecule has 1 aromatic heterocycles. The minimum atomic E-state index is -3.15.